The van der Waals surface area contributed by atoms with Crippen LogP contribution in [0.4, 0.5) is 0 Å². The van der Waals surface area contributed by atoms with E-state index < -0.39 is 6.10 Å². The van der Waals surface area contributed by atoms with Crippen molar-refractivity contribution in [2.75, 3.05) is 13.1 Å². The lowest BCUT2D eigenvalue weighted by molar-refractivity contribution is -0.121. The Morgan fingerprint density at radius 3 is 2.76 bits per heavy atom. The number of thiophene rings is 1. The topological polar surface area (TPSA) is 52.6 Å². The third-order valence-corrected chi connectivity index (χ3v) is 7.27. The fraction of sp³-hybridized carbons (Fsp3) is 0.526. The molecule has 2 aromatic rings. The van der Waals surface area contributed by atoms with Crippen LogP contribution in [0.25, 0.3) is 10.1 Å². The van der Waals surface area contributed by atoms with Crippen LogP contribution in [0.2, 0.25) is 5.02 Å². The first kappa shape index (κ1) is 17.3. The van der Waals surface area contributed by atoms with E-state index in [4.69, 9.17) is 11.6 Å². The number of nitrogens with zero attached hydrogens (tertiary/aromatic N) is 1. The van der Waals surface area contributed by atoms with Gasteiger partial charge >= 0.3 is 0 Å². The van der Waals surface area contributed by atoms with Crippen LogP contribution < -0.4 is 5.32 Å². The van der Waals surface area contributed by atoms with Gasteiger partial charge in [-0.05, 0) is 30.7 Å². The Labute approximate surface area is 156 Å². The lowest BCUT2D eigenvalue weighted by atomic mass is 9.77. The van der Waals surface area contributed by atoms with Crippen LogP contribution in [0.1, 0.15) is 24.6 Å². The molecule has 1 aliphatic carbocycles. The van der Waals surface area contributed by atoms with Gasteiger partial charge in [0.1, 0.15) is 0 Å². The third kappa shape index (κ3) is 3.43. The summed E-state index contributed by atoms with van der Waals surface area (Å²) >= 11 is 8.36. The van der Waals surface area contributed by atoms with Crippen molar-refractivity contribution in [1.82, 2.24) is 10.2 Å². The van der Waals surface area contributed by atoms with Gasteiger partial charge in [0.25, 0.3) is 0 Å². The molecule has 4 nitrogen and oxygen atoms in total. The van der Waals surface area contributed by atoms with Crippen LogP contribution in [0, 0.1) is 11.8 Å². The highest BCUT2D eigenvalue weighted by molar-refractivity contribution is 7.19. The minimum atomic E-state index is -0.432. The monoisotopic (exact) mass is 378 g/mol. The van der Waals surface area contributed by atoms with Gasteiger partial charge in [-0.15, -0.1) is 11.3 Å². The highest BCUT2D eigenvalue weighted by Gasteiger charge is 2.42. The molecular formula is C19H23ClN2O2S. The minimum Gasteiger partial charge on any atom is -0.391 e. The molecule has 0 unspecified atom stereocenters. The molecule has 0 radical (unpaired) electrons. The number of amides is 1. The minimum absolute atomic E-state index is 0.0607. The van der Waals surface area contributed by atoms with Crippen molar-refractivity contribution >= 4 is 38.9 Å². The summed E-state index contributed by atoms with van der Waals surface area (Å²) in [6.07, 6.45) is 1.20. The molecule has 25 heavy (non-hydrogen) atoms. The van der Waals surface area contributed by atoms with E-state index in [2.05, 4.69) is 22.3 Å². The molecular weight excluding hydrogens is 356 g/mol. The van der Waals surface area contributed by atoms with Gasteiger partial charge < -0.3 is 10.4 Å². The highest BCUT2D eigenvalue weighted by atomic mass is 35.5. The van der Waals surface area contributed by atoms with Gasteiger partial charge in [0, 0.05) is 41.5 Å². The van der Waals surface area contributed by atoms with Crippen molar-refractivity contribution in [3.8, 4) is 0 Å². The molecule has 1 amide bonds. The maximum atomic E-state index is 11.3. The zero-order chi connectivity index (χ0) is 17.6. The second-order valence-electron chi connectivity index (χ2n) is 7.40. The third-order valence-electron chi connectivity index (χ3n) is 5.57. The summed E-state index contributed by atoms with van der Waals surface area (Å²) in [6, 6.07) is 8.17. The van der Waals surface area contributed by atoms with Gasteiger partial charge in [-0.2, -0.15) is 0 Å². The number of hydrogen-bond acceptors (Lipinski definition) is 4. The lowest BCUT2D eigenvalue weighted by Crippen LogP contribution is -2.48. The van der Waals surface area contributed by atoms with Crippen molar-refractivity contribution in [2.24, 2.45) is 11.8 Å². The molecule has 1 saturated carbocycles. The van der Waals surface area contributed by atoms with Crippen LogP contribution in [0.3, 0.4) is 0 Å². The van der Waals surface area contributed by atoms with Gasteiger partial charge in [-0.3, -0.25) is 9.69 Å². The lowest BCUT2D eigenvalue weighted by Gasteiger charge is -2.35. The number of aliphatic hydroxyl groups is 1. The molecule has 6 heteroatoms. The van der Waals surface area contributed by atoms with Crippen LogP contribution >= 0.6 is 22.9 Å². The number of fused-ring (bicyclic) bond motifs is 2. The Bertz CT molecular complexity index is 793. The van der Waals surface area contributed by atoms with Crippen LogP contribution in [0.15, 0.2) is 24.3 Å². The predicted molar refractivity (Wildman–Crippen MR) is 102 cm³/mol. The summed E-state index contributed by atoms with van der Waals surface area (Å²) < 4.78 is 1.24. The zero-order valence-corrected chi connectivity index (χ0v) is 15.8. The average Bonchev–Trinajstić information content (AvgIpc) is 3.09. The van der Waals surface area contributed by atoms with Crippen LogP contribution in [-0.2, 0) is 11.3 Å². The summed E-state index contributed by atoms with van der Waals surface area (Å²) in [7, 11) is 0. The Balaban J connectivity index is 1.45. The normalized spacial score (nSPS) is 29.7. The number of hydrogen-bond donors (Lipinski definition) is 2. The standard InChI is InChI=1S/C19H23ClN2O2S/c1-11(23)21-15-6-12-8-22(9-13(12)7-16(15)24)10-18-19(20)14-4-2-3-5-17(14)25-18/h2-5,12-13,15-16,24H,6-10H2,1H3,(H,21,23)/t12-,13+,15-,16-/m1/s1. The number of benzene rings is 1. The maximum absolute atomic E-state index is 11.3. The molecule has 2 heterocycles. The van der Waals surface area contributed by atoms with Gasteiger partial charge in [0.15, 0.2) is 0 Å². The largest absolute Gasteiger partial charge is 0.391 e. The maximum Gasteiger partial charge on any atom is 0.217 e. The van der Waals surface area contributed by atoms with Gasteiger partial charge in [0.2, 0.25) is 5.91 Å². The van der Waals surface area contributed by atoms with E-state index in [9.17, 15) is 9.90 Å². The summed E-state index contributed by atoms with van der Waals surface area (Å²) in [6.45, 7) is 4.40. The van der Waals surface area contributed by atoms with Crippen LogP contribution in [-0.4, -0.2) is 41.1 Å². The molecule has 0 spiro atoms. The van der Waals surface area contributed by atoms with E-state index in [0.717, 1.165) is 42.9 Å². The number of carbonyl (C=O) groups excluding carboxylic acids is 1. The summed E-state index contributed by atoms with van der Waals surface area (Å²) in [5, 5.41) is 15.3. The van der Waals surface area contributed by atoms with E-state index in [0.29, 0.717) is 11.8 Å². The summed E-state index contributed by atoms with van der Waals surface area (Å²) in [4.78, 5) is 15.0. The van der Waals surface area contributed by atoms with E-state index >= 15 is 0 Å². The number of nitrogens with one attached hydrogen (secondary N) is 1. The Morgan fingerprint density at radius 2 is 2.04 bits per heavy atom. The van der Waals surface area contributed by atoms with Crippen molar-refractivity contribution < 1.29 is 9.90 Å². The smallest absolute Gasteiger partial charge is 0.217 e. The number of halogens is 1. The fourth-order valence-corrected chi connectivity index (χ4v) is 5.98. The number of aliphatic hydroxyl groups excluding tert-OH is 1. The zero-order valence-electron chi connectivity index (χ0n) is 14.2. The van der Waals surface area contributed by atoms with Gasteiger partial charge in [0.05, 0.1) is 17.2 Å². The Hall–Kier alpha value is -1.14. The summed E-state index contributed by atoms with van der Waals surface area (Å²) in [5.41, 5.74) is 0. The van der Waals surface area contributed by atoms with E-state index in [1.54, 1.807) is 11.3 Å². The van der Waals surface area contributed by atoms with Gasteiger partial charge in [-0.25, -0.2) is 0 Å². The molecule has 134 valence electrons. The summed E-state index contributed by atoms with van der Waals surface area (Å²) in [5.74, 6) is 0.982. The predicted octanol–water partition coefficient (Wildman–Crippen LogP) is 3.26. The molecule has 1 saturated heterocycles. The molecule has 4 rings (SSSR count). The van der Waals surface area contributed by atoms with Crippen molar-refractivity contribution in [1.29, 1.82) is 0 Å². The fourth-order valence-electron chi connectivity index (χ4n) is 4.44. The first-order valence-corrected chi connectivity index (χ1v) is 10.0. The number of rotatable bonds is 3. The second-order valence-corrected chi connectivity index (χ2v) is 8.91. The Morgan fingerprint density at radius 1 is 1.32 bits per heavy atom. The van der Waals surface area contributed by atoms with Crippen molar-refractivity contribution in [2.45, 2.75) is 38.5 Å². The number of likely N-dealkylation sites (tertiary alicyclic amines) is 1. The second kappa shape index (κ2) is 6.88. The molecule has 2 fully saturated rings. The van der Waals surface area contributed by atoms with E-state index in [1.807, 2.05) is 12.1 Å². The molecule has 1 aliphatic heterocycles. The Kier molecular flexibility index (Phi) is 4.75. The first-order chi connectivity index (χ1) is 12.0. The van der Waals surface area contributed by atoms with E-state index in [-0.39, 0.29) is 11.9 Å². The van der Waals surface area contributed by atoms with E-state index in [1.165, 1.54) is 16.5 Å². The average molecular weight is 379 g/mol. The molecule has 1 aromatic heterocycles. The molecule has 2 N–H and O–H groups in total. The molecule has 1 aromatic carbocycles. The molecule has 4 atom stereocenters. The number of carbonyl (C=O) groups is 1. The van der Waals surface area contributed by atoms with Gasteiger partial charge in [-0.1, -0.05) is 29.8 Å². The SMILES string of the molecule is CC(=O)N[C@@H]1C[C@@H]2CN(Cc3sc4ccccc4c3Cl)C[C@@H]2C[C@H]1O. The molecule has 2 aliphatic rings. The van der Waals surface area contributed by atoms with Crippen molar-refractivity contribution in [3.63, 3.8) is 0 Å². The van der Waals surface area contributed by atoms with Crippen molar-refractivity contribution in [3.05, 3.63) is 34.2 Å². The quantitative estimate of drug-likeness (QED) is 0.861. The molecule has 0 bridgehead atoms. The van der Waals surface area contributed by atoms with Crippen LogP contribution in [0.5, 0.6) is 0 Å². The highest BCUT2D eigenvalue weighted by Crippen LogP contribution is 2.40. The first-order valence-electron chi connectivity index (χ1n) is 8.84.